The minimum atomic E-state index is -0.504. The number of nitrogens with zero attached hydrogens (tertiary/aromatic N) is 1. The van der Waals surface area contributed by atoms with E-state index >= 15 is 0 Å². The number of benzene rings is 3. The minimum Gasteiger partial charge on any atom is -0.497 e. The Labute approximate surface area is 201 Å². The number of amides is 3. The molecule has 3 aromatic rings. The number of imide groups is 1. The summed E-state index contributed by atoms with van der Waals surface area (Å²) in [7, 11) is 1.55. The normalized spacial score (nSPS) is 14.4. The lowest BCUT2D eigenvalue weighted by Gasteiger charge is -2.12. The van der Waals surface area contributed by atoms with E-state index in [9.17, 15) is 14.4 Å². The Morgan fingerprint density at radius 3 is 2.47 bits per heavy atom. The first-order valence-corrected chi connectivity index (χ1v) is 11.3. The molecule has 3 aromatic carbocycles. The molecule has 0 atom stereocenters. The van der Waals surface area contributed by atoms with Crippen LogP contribution in [0.3, 0.4) is 0 Å². The van der Waals surface area contributed by atoms with Crippen molar-refractivity contribution in [3.8, 4) is 11.5 Å². The third-order valence-corrected chi connectivity index (χ3v) is 5.86. The van der Waals surface area contributed by atoms with Gasteiger partial charge in [0.25, 0.3) is 11.1 Å². The average molecular weight is 475 g/mol. The summed E-state index contributed by atoms with van der Waals surface area (Å²) >= 11 is 0.807. The van der Waals surface area contributed by atoms with Crippen LogP contribution in [-0.2, 0) is 16.2 Å². The van der Waals surface area contributed by atoms with Crippen LogP contribution in [0.4, 0.5) is 10.5 Å². The van der Waals surface area contributed by atoms with Gasteiger partial charge < -0.3 is 14.8 Å². The Kier molecular flexibility index (Phi) is 7.29. The summed E-state index contributed by atoms with van der Waals surface area (Å²) in [6, 6.07) is 23.8. The van der Waals surface area contributed by atoms with Crippen molar-refractivity contribution < 1.29 is 23.9 Å². The smallest absolute Gasteiger partial charge is 0.294 e. The molecule has 8 heteroatoms. The van der Waals surface area contributed by atoms with E-state index < -0.39 is 17.1 Å². The summed E-state index contributed by atoms with van der Waals surface area (Å²) in [5.74, 6) is 0.333. The van der Waals surface area contributed by atoms with Crippen LogP contribution in [0.15, 0.2) is 83.8 Å². The molecule has 1 saturated heterocycles. The fraction of sp³-hybridized carbons (Fsp3) is 0.115. The van der Waals surface area contributed by atoms with Crippen LogP contribution >= 0.6 is 11.8 Å². The lowest BCUT2D eigenvalue weighted by molar-refractivity contribution is -0.127. The van der Waals surface area contributed by atoms with E-state index in [2.05, 4.69) is 5.32 Å². The number of hydrogen-bond donors (Lipinski definition) is 1. The van der Waals surface area contributed by atoms with Crippen LogP contribution in [-0.4, -0.2) is 35.6 Å². The number of carbonyl (C=O) groups excluding carboxylic acids is 3. The molecular weight excluding hydrogens is 452 g/mol. The fourth-order valence-corrected chi connectivity index (χ4v) is 4.08. The van der Waals surface area contributed by atoms with Crippen molar-refractivity contribution >= 4 is 40.6 Å². The average Bonchev–Trinajstić information content (AvgIpc) is 3.11. The molecule has 0 saturated carbocycles. The van der Waals surface area contributed by atoms with Gasteiger partial charge in [0.15, 0.2) is 0 Å². The molecule has 0 unspecified atom stereocenters. The first kappa shape index (κ1) is 23.1. The topological polar surface area (TPSA) is 84.9 Å². The molecule has 34 heavy (non-hydrogen) atoms. The number of carbonyl (C=O) groups is 3. The Morgan fingerprint density at radius 2 is 1.74 bits per heavy atom. The van der Waals surface area contributed by atoms with Gasteiger partial charge in [-0.05, 0) is 65.4 Å². The number of ether oxygens (including phenoxy) is 2. The number of methoxy groups -OCH3 is 1. The van der Waals surface area contributed by atoms with Gasteiger partial charge in [0.2, 0.25) is 5.91 Å². The van der Waals surface area contributed by atoms with Crippen LogP contribution in [0.5, 0.6) is 11.5 Å². The monoisotopic (exact) mass is 474 g/mol. The summed E-state index contributed by atoms with van der Waals surface area (Å²) < 4.78 is 10.9. The highest BCUT2D eigenvalue weighted by Gasteiger charge is 2.36. The Morgan fingerprint density at radius 1 is 0.971 bits per heavy atom. The van der Waals surface area contributed by atoms with Gasteiger partial charge >= 0.3 is 0 Å². The van der Waals surface area contributed by atoms with Crippen LogP contribution in [0.1, 0.15) is 11.1 Å². The Balaban J connectivity index is 1.38. The second kappa shape index (κ2) is 10.7. The Hall–Kier alpha value is -4.04. The van der Waals surface area contributed by atoms with Gasteiger partial charge in [0, 0.05) is 5.69 Å². The number of nitrogens with one attached hydrogen (secondary N) is 1. The molecule has 1 heterocycles. The maximum Gasteiger partial charge on any atom is 0.294 e. The molecule has 0 spiro atoms. The molecule has 0 aromatic heterocycles. The molecule has 1 aliphatic rings. The highest BCUT2D eigenvalue weighted by Crippen LogP contribution is 2.32. The quantitative estimate of drug-likeness (QED) is 0.465. The zero-order valence-corrected chi connectivity index (χ0v) is 19.2. The molecule has 0 bridgehead atoms. The van der Waals surface area contributed by atoms with Gasteiger partial charge in [0.05, 0.1) is 12.0 Å². The van der Waals surface area contributed by atoms with E-state index in [4.69, 9.17) is 9.47 Å². The van der Waals surface area contributed by atoms with Crippen LogP contribution in [0, 0.1) is 0 Å². The molecule has 1 N–H and O–H groups in total. The lowest BCUT2D eigenvalue weighted by Crippen LogP contribution is -2.36. The molecule has 3 amide bonds. The van der Waals surface area contributed by atoms with Gasteiger partial charge in [-0.2, -0.15) is 0 Å². The molecule has 0 aliphatic carbocycles. The molecule has 7 nitrogen and oxygen atoms in total. The molecule has 4 rings (SSSR count). The summed E-state index contributed by atoms with van der Waals surface area (Å²) in [6.07, 6.45) is 1.63. The standard InChI is InChI=1S/C26H22N2O5S/c1-32-21-12-10-20(11-13-21)27-24(29)16-28-25(30)23(34-26(28)31)15-19-8-5-9-22(14-19)33-17-18-6-3-2-4-7-18/h2-15H,16-17H2,1H3,(H,27,29)/b23-15+. The van der Waals surface area contributed by atoms with Crippen molar-refractivity contribution in [2.45, 2.75) is 6.61 Å². The van der Waals surface area contributed by atoms with E-state index in [-0.39, 0.29) is 11.4 Å². The van der Waals surface area contributed by atoms with Crippen molar-refractivity contribution in [3.63, 3.8) is 0 Å². The zero-order valence-electron chi connectivity index (χ0n) is 18.4. The van der Waals surface area contributed by atoms with Gasteiger partial charge in [0.1, 0.15) is 24.7 Å². The van der Waals surface area contributed by atoms with E-state index in [1.807, 2.05) is 48.5 Å². The zero-order chi connectivity index (χ0) is 23.9. The van der Waals surface area contributed by atoms with Crippen molar-refractivity contribution in [3.05, 3.63) is 94.9 Å². The number of thioether (sulfide) groups is 1. The van der Waals surface area contributed by atoms with Crippen molar-refractivity contribution in [2.75, 3.05) is 19.0 Å². The first-order chi connectivity index (χ1) is 16.5. The summed E-state index contributed by atoms with van der Waals surface area (Å²) in [5.41, 5.74) is 2.31. The SMILES string of the molecule is COc1ccc(NC(=O)CN2C(=O)S/C(=C/c3cccc(OCc4ccccc4)c3)C2=O)cc1. The molecule has 1 fully saturated rings. The van der Waals surface area contributed by atoms with Gasteiger partial charge in [-0.15, -0.1) is 0 Å². The summed E-state index contributed by atoms with van der Waals surface area (Å²) in [5, 5.41) is 2.19. The van der Waals surface area contributed by atoms with Gasteiger partial charge in [-0.1, -0.05) is 42.5 Å². The predicted molar refractivity (Wildman–Crippen MR) is 132 cm³/mol. The van der Waals surface area contributed by atoms with Crippen molar-refractivity contribution in [1.29, 1.82) is 0 Å². The number of hydrogen-bond acceptors (Lipinski definition) is 6. The van der Waals surface area contributed by atoms with Gasteiger partial charge in [-0.25, -0.2) is 0 Å². The van der Waals surface area contributed by atoms with Crippen molar-refractivity contribution in [1.82, 2.24) is 4.90 Å². The number of anilines is 1. The first-order valence-electron chi connectivity index (χ1n) is 10.5. The van der Waals surface area contributed by atoms with Crippen LogP contribution in [0.25, 0.3) is 6.08 Å². The molecule has 0 radical (unpaired) electrons. The Bertz CT molecular complexity index is 1230. The lowest BCUT2D eigenvalue weighted by atomic mass is 10.2. The number of rotatable bonds is 8. The van der Waals surface area contributed by atoms with E-state index in [0.717, 1.165) is 27.8 Å². The summed E-state index contributed by atoms with van der Waals surface area (Å²) in [6.45, 7) is 0.0539. The predicted octanol–water partition coefficient (Wildman–Crippen LogP) is 4.95. The third kappa shape index (κ3) is 5.85. The summed E-state index contributed by atoms with van der Waals surface area (Å²) in [4.78, 5) is 38.7. The molecule has 172 valence electrons. The van der Waals surface area contributed by atoms with Gasteiger partial charge in [-0.3, -0.25) is 19.3 Å². The van der Waals surface area contributed by atoms with E-state index in [0.29, 0.717) is 23.8 Å². The van der Waals surface area contributed by atoms with Crippen LogP contribution in [0.2, 0.25) is 0 Å². The maximum absolute atomic E-state index is 12.8. The highest BCUT2D eigenvalue weighted by molar-refractivity contribution is 8.18. The highest BCUT2D eigenvalue weighted by atomic mass is 32.2. The largest absolute Gasteiger partial charge is 0.497 e. The molecular formula is C26H22N2O5S. The maximum atomic E-state index is 12.8. The minimum absolute atomic E-state index is 0.252. The molecule has 1 aliphatic heterocycles. The second-order valence-corrected chi connectivity index (χ2v) is 8.38. The van der Waals surface area contributed by atoms with E-state index in [1.54, 1.807) is 43.5 Å². The van der Waals surface area contributed by atoms with Crippen LogP contribution < -0.4 is 14.8 Å². The van der Waals surface area contributed by atoms with Crippen molar-refractivity contribution in [2.24, 2.45) is 0 Å². The second-order valence-electron chi connectivity index (χ2n) is 7.39. The third-order valence-electron chi connectivity index (χ3n) is 4.95. The fourth-order valence-electron chi connectivity index (χ4n) is 3.24. The van der Waals surface area contributed by atoms with E-state index in [1.165, 1.54) is 0 Å².